The number of carbonyl (C=O) groups excluding carboxylic acids is 3. The number of methoxy groups -OCH3 is 1. The fourth-order valence-electron chi connectivity index (χ4n) is 3.10. The molecule has 8 nitrogen and oxygen atoms in total. The summed E-state index contributed by atoms with van der Waals surface area (Å²) in [6, 6.07) is 7.12. The standard InChI is InChI=1S/C21H29N3O5S/c1-28-13-14-29-19(26)12-11-18(25)24-21(30)23-17-9-7-15(8-10-17)20(27)22-16-5-3-2-4-6-16/h7-10,16H,2-6,11-14H2,1H3,(H,22,27)(H2,23,24,25,30). The maximum Gasteiger partial charge on any atom is 0.306 e. The van der Waals surface area contributed by atoms with Gasteiger partial charge in [-0.05, 0) is 49.3 Å². The number of hydrogen-bond donors (Lipinski definition) is 3. The van der Waals surface area contributed by atoms with Crippen LogP contribution < -0.4 is 16.0 Å². The average molecular weight is 436 g/mol. The van der Waals surface area contributed by atoms with Crippen LogP contribution in [0.2, 0.25) is 0 Å². The Morgan fingerprint density at radius 2 is 1.73 bits per heavy atom. The van der Waals surface area contributed by atoms with Crippen molar-refractivity contribution in [1.82, 2.24) is 10.6 Å². The van der Waals surface area contributed by atoms with E-state index in [0.29, 0.717) is 17.9 Å². The van der Waals surface area contributed by atoms with E-state index in [1.807, 2.05) is 0 Å². The predicted molar refractivity (Wildman–Crippen MR) is 117 cm³/mol. The molecule has 1 aliphatic rings. The third-order valence-corrected chi connectivity index (χ3v) is 4.91. The lowest BCUT2D eigenvalue weighted by atomic mass is 9.95. The van der Waals surface area contributed by atoms with Crippen molar-refractivity contribution < 1.29 is 23.9 Å². The zero-order valence-corrected chi connectivity index (χ0v) is 18.0. The Balaban J connectivity index is 1.71. The van der Waals surface area contributed by atoms with E-state index in [9.17, 15) is 14.4 Å². The van der Waals surface area contributed by atoms with Crippen LogP contribution in [-0.2, 0) is 19.1 Å². The van der Waals surface area contributed by atoms with Gasteiger partial charge >= 0.3 is 5.97 Å². The summed E-state index contributed by atoms with van der Waals surface area (Å²) in [4.78, 5) is 35.7. The van der Waals surface area contributed by atoms with E-state index >= 15 is 0 Å². The zero-order chi connectivity index (χ0) is 21.8. The average Bonchev–Trinajstić information content (AvgIpc) is 2.73. The fraction of sp³-hybridized carbons (Fsp3) is 0.524. The first kappa shape index (κ1) is 23.8. The molecular weight excluding hydrogens is 406 g/mol. The molecule has 0 bridgehead atoms. The van der Waals surface area contributed by atoms with Gasteiger partial charge in [0.25, 0.3) is 5.91 Å². The topological polar surface area (TPSA) is 106 Å². The number of benzene rings is 1. The molecule has 30 heavy (non-hydrogen) atoms. The lowest BCUT2D eigenvalue weighted by Gasteiger charge is -2.22. The summed E-state index contributed by atoms with van der Waals surface area (Å²) in [5.41, 5.74) is 1.22. The highest BCUT2D eigenvalue weighted by Gasteiger charge is 2.16. The zero-order valence-electron chi connectivity index (χ0n) is 17.2. The van der Waals surface area contributed by atoms with Crippen LogP contribution in [0.5, 0.6) is 0 Å². The van der Waals surface area contributed by atoms with Gasteiger partial charge < -0.3 is 25.4 Å². The highest BCUT2D eigenvalue weighted by molar-refractivity contribution is 7.80. The minimum Gasteiger partial charge on any atom is -0.463 e. The third-order valence-electron chi connectivity index (χ3n) is 4.70. The summed E-state index contributed by atoms with van der Waals surface area (Å²) in [7, 11) is 1.51. The number of carbonyl (C=O) groups is 3. The van der Waals surface area contributed by atoms with Crippen molar-refractivity contribution in [2.45, 2.75) is 51.0 Å². The van der Waals surface area contributed by atoms with Gasteiger partial charge in [-0.25, -0.2) is 0 Å². The summed E-state index contributed by atoms with van der Waals surface area (Å²) < 4.78 is 9.66. The first-order valence-electron chi connectivity index (χ1n) is 10.1. The molecule has 1 aromatic carbocycles. The van der Waals surface area contributed by atoms with Crippen LogP contribution in [0.1, 0.15) is 55.3 Å². The summed E-state index contributed by atoms with van der Waals surface area (Å²) in [6.45, 7) is 0.471. The number of ether oxygens (including phenoxy) is 2. The van der Waals surface area contributed by atoms with Gasteiger partial charge in [-0.15, -0.1) is 0 Å². The molecule has 0 atom stereocenters. The predicted octanol–water partition coefficient (Wildman–Crippen LogP) is 2.53. The SMILES string of the molecule is COCCOC(=O)CCC(=O)NC(=S)Nc1ccc(C(=O)NC2CCCCC2)cc1. The number of hydrogen-bond acceptors (Lipinski definition) is 6. The van der Waals surface area contributed by atoms with E-state index in [0.717, 1.165) is 25.7 Å². The molecule has 0 saturated heterocycles. The van der Waals surface area contributed by atoms with Gasteiger partial charge in [0.15, 0.2) is 5.11 Å². The van der Waals surface area contributed by atoms with E-state index in [1.165, 1.54) is 13.5 Å². The van der Waals surface area contributed by atoms with Crippen LogP contribution in [0.25, 0.3) is 0 Å². The lowest BCUT2D eigenvalue weighted by Crippen LogP contribution is -2.36. The molecule has 0 spiro atoms. The number of thiocarbonyl (C=S) groups is 1. The fourth-order valence-corrected chi connectivity index (χ4v) is 3.33. The number of anilines is 1. The molecule has 1 fully saturated rings. The maximum absolute atomic E-state index is 12.3. The lowest BCUT2D eigenvalue weighted by molar-refractivity contribution is -0.146. The van der Waals surface area contributed by atoms with Crippen LogP contribution in [0.4, 0.5) is 5.69 Å². The molecule has 2 amide bonds. The summed E-state index contributed by atoms with van der Waals surface area (Å²) in [6.07, 6.45) is 5.55. The minimum atomic E-state index is -0.469. The number of rotatable bonds is 9. The Morgan fingerprint density at radius 3 is 2.40 bits per heavy atom. The minimum absolute atomic E-state index is 0.0338. The Kier molecular flexibility index (Phi) is 10.2. The second kappa shape index (κ2) is 12.9. The molecular formula is C21H29N3O5S. The normalized spacial score (nSPS) is 13.9. The van der Waals surface area contributed by atoms with Crippen molar-refractivity contribution >= 4 is 40.8 Å². The molecule has 9 heteroatoms. The molecule has 0 aromatic heterocycles. The van der Waals surface area contributed by atoms with E-state index < -0.39 is 5.97 Å². The molecule has 1 aliphatic carbocycles. The van der Waals surface area contributed by atoms with Crippen molar-refractivity contribution in [2.75, 3.05) is 25.6 Å². The summed E-state index contributed by atoms with van der Waals surface area (Å²) >= 11 is 5.12. The Bertz CT molecular complexity index is 733. The molecule has 0 unspecified atom stereocenters. The van der Waals surface area contributed by atoms with Gasteiger partial charge in [0.1, 0.15) is 6.61 Å². The van der Waals surface area contributed by atoms with Gasteiger partial charge in [0.2, 0.25) is 5.91 Å². The van der Waals surface area contributed by atoms with Crippen LogP contribution in [0.3, 0.4) is 0 Å². The molecule has 0 radical (unpaired) electrons. The van der Waals surface area contributed by atoms with Crippen LogP contribution >= 0.6 is 12.2 Å². The highest BCUT2D eigenvalue weighted by Crippen LogP contribution is 2.18. The number of amides is 2. The Morgan fingerprint density at radius 1 is 1.03 bits per heavy atom. The molecule has 3 N–H and O–H groups in total. The molecule has 1 aromatic rings. The molecule has 2 rings (SSSR count). The van der Waals surface area contributed by atoms with Gasteiger partial charge in [-0.2, -0.15) is 0 Å². The first-order valence-corrected chi connectivity index (χ1v) is 10.5. The summed E-state index contributed by atoms with van der Waals surface area (Å²) in [5, 5.41) is 8.59. The van der Waals surface area contributed by atoms with Crippen molar-refractivity contribution in [3.05, 3.63) is 29.8 Å². The van der Waals surface area contributed by atoms with Crippen molar-refractivity contribution in [1.29, 1.82) is 0 Å². The number of esters is 1. The van der Waals surface area contributed by atoms with E-state index in [2.05, 4.69) is 16.0 Å². The van der Waals surface area contributed by atoms with E-state index in [1.54, 1.807) is 24.3 Å². The molecule has 164 valence electrons. The van der Waals surface area contributed by atoms with Crippen molar-refractivity contribution in [3.63, 3.8) is 0 Å². The Hall–Kier alpha value is -2.52. The largest absolute Gasteiger partial charge is 0.463 e. The Labute approximate surface area is 182 Å². The van der Waals surface area contributed by atoms with Crippen molar-refractivity contribution in [3.8, 4) is 0 Å². The third kappa shape index (κ3) is 8.87. The summed E-state index contributed by atoms with van der Waals surface area (Å²) in [5.74, 6) is -0.940. The van der Waals surface area contributed by atoms with Crippen LogP contribution in [0, 0.1) is 0 Å². The van der Waals surface area contributed by atoms with Crippen LogP contribution in [-0.4, -0.2) is 49.3 Å². The van der Waals surface area contributed by atoms with Gasteiger partial charge in [-0.3, -0.25) is 14.4 Å². The molecule has 0 aliphatic heterocycles. The molecule has 1 saturated carbocycles. The van der Waals surface area contributed by atoms with E-state index in [-0.39, 0.29) is 42.4 Å². The van der Waals surface area contributed by atoms with Gasteiger partial charge in [0.05, 0.1) is 13.0 Å². The van der Waals surface area contributed by atoms with Crippen molar-refractivity contribution in [2.24, 2.45) is 0 Å². The number of nitrogens with one attached hydrogen (secondary N) is 3. The van der Waals surface area contributed by atoms with Crippen LogP contribution in [0.15, 0.2) is 24.3 Å². The van der Waals surface area contributed by atoms with Gasteiger partial charge in [0, 0.05) is 30.8 Å². The van der Waals surface area contributed by atoms with E-state index in [4.69, 9.17) is 21.7 Å². The maximum atomic E-state index is 12.3. The monoisotopic (exact) mass is 435 g/mol. The van der Waals surface area contributed by atoms with Gasteiger partial charge in [-0.1, -0.05) is 19.3 Å². The first-order chi connectivity index (χ1) is 14.5. The second-order valence-electron chi connectivity index (χ2n) is 7.10. The molecule has 0 heterocycles. The second-order valence-corrected chi connectivity index (χ2v) is 7.51. The highest BCUT2D eigenvalue weighted by atomic mass is 32.1. The smallest absolute Gasteiger partial charge is 0.306 e. The quantitative estimate of drug-likeness (QED) is 0.311.